The third kappa shape index (κ3) is 3.98. The van der Waals surface area contributed by atoms with Gasteiger partial charge in [-0.1, -0.05) is 23.4 Å². The standard InChI is InChI=1S/C16H15N3O5S2/c1-25(20,21)13-5-2-11(3-6-13)8-12-4-7-14(16-18-10-24-19-16)15(9-12)26(17,22)23/h2-7,9-10H,8H2,1H3,(H2,17,22,23). The van der Waals surface area contributed by atoms with E-state index in [-0.39, 0.29) is 21.2 Å². The molecule has 8 nitrogen and oxygen atoms in total. The largest absolute Gasteiger partial charge is 0.342 e. The summed E-state index contributed by atoms with van der Waals surface area (Å²) in [6.45, 7) is 0. The normalized spacial score (nSPS) is 12.2. The molecule has 0 atom stereocenters. The molecule has 0 fully saturated rings. The number of rotatable bonds is 5. The Morgan fingerprint density at radius 2 is 1.65 bits per heavy atom. The Labute approximate surface area is 150 Å². The minimum Gasteiger partial charge on any atom is -0.342 e. The maximum Gasteiger partial charge on any atom is 0.238 e. The van der Waals surface area contributed by atoms with E-state index in [0.29, 0.717) is 12.0 Å². The Hall–Kier alpha value is -2.56. The van der Waals surface area contributed by atoms with Crippen molar-refractivity contribution in [3.8, 4) is 11.4 Å². The lowest BCUT2D eigenvalue weighted by Gasteiger charge is -2.09. The van der Waals surface area contributed by atoms with E-state index < -0.39 is 19.9 Å². The van der Waals surface area contributed by atoms with Crippen LogP contribution in [0.1, 0.15) is 11.1 Å². The zero-order valence-electron chi connectivity index (χ0n) is 13.7. The van der Waals surface area contributed by atoms with Crippen molar-refractivity contribution in [2.45, 2.75) is 16.2 Å². The van der Waals surface area contributed by atoms with Crippen LogP contribution >= 0.6 is 0 Å². The van der Waals surface area contributed by atoms with E-state index in [0.717, 1.165) is 18.2 Å². The first kappa shape index (κ1) is 18.2. The van der Waals surface area contributed by atoms with Crippen LogP contribution in [-0.4, -0.2) is 33.2 Å². The lowest BCUT2D eigenvalue weighted by molar-refractivity contribution is 0.418. The van der Waals surface area contributed by atoms with Crippen molar-refractivity contribution in [2.75, 3.05) is 6.26 Å². The van der Waals surface area contributed by atoms with E-state index >= 15 is 0 Å². The van der Waals surface area contributed by atoms with Gasteiger partial charge >= 0.3 is 0 Å². The molecule has 3 rings (SSSR count). The summed E-state index contributed by atoms with van der Waals surface area (Å²) in [6, 6.07) is 11.1. The topological polar surface area (TPSA) is 133 Å². The average Bonchev–Trinajstić information content (AvgIpc) is 3.08. The van der Waals surface area contributed by atoms with Gasteiger partial charge in [0.1, 0.15) is 0 Å². The van der Waals surface area contributed by atoms with E-state index in [4.69, 9.17) is 5.14 Å². The molecule has 0 radical (unpaired) electrons. The maximum atomic E-state index is 11.9. The second-order valence-electron chi connectivity index (χ2n) is 5.72. The van der Waals surface area contributed by atoms with Crippen LogP contribution in [0.15, 0.2) is 63.2 Å². The van der Waals surface area contributed by atoms with E-state index in [1.54, 1.807) is 24.3 Å². The van der Waals surface area contributed by atoms with Crippen LogP contribution in [0.5, 0.6) is 0 Å². The zero-order valence-corrected chi connectivity index (χ0v) is 15.3. The number of hydrogen-bond donors (Lipinski definition) is 1. The minimum atomic E-state index is -4.00. The highest BCUT2D eigenvalue weighted by molar-refractivity contribution is 7.90. The van der Waals surface area contributed by atoms with Gasteiger partial charge in [0.2, 0.25) is 22.2 Å². The SMILES string of the molecule is CS(=O)(=O)c1ccc(Cc2ccc(-c3ncon3)c(S(N)(=O)=O)c2)cc1. The van der Waals surface area contributed by atoms with Gasteiger partial charge < -0.3 is 4.52 Å². The minimum absolute atomic E-state index is 0.107. The average molecular weight is 393 g/mol. The highest BCUT2D eigenvalue weighted by atomic mass is 32.2. The first-order valence-corrected chi connectivity index (χ1v) is 10.8. The summed E-state index contributed by atoms with van der Waals surface area (Å²) >= 11 is 0. The molecule has 0 saturated carbocycles. The quantitative estimate of drug-likeness (QED) is 0.692. The van der Waals surface area contributed by atoms with Crippen LogP contribution in [0.3, 0.4) is 0 Å². The van der Waals surface area contributed by atoms with Crippen LogP contribution in [0.25, 0.3) is 11.4 Å². The number of benzene rings is 2. The summed E-state index contributed by atoms with van der Waals surface area (Å²) in [7, 11) is -7.27. The van der Waals surface area contributed by atoms with Gasteiger partial charge in [-0.15, -0.1) is 0 Å². The fraction of sp³-hybridized carbons (Fsp3) is 0.125. The maximum absolute atomic E-state index is 11.9. The fourth-order valence-electron chi connectivity index (χ4n) is 2.48. The van der Waals surface area contributed by atoms with Crippen molar-refractivity contribution in [3.05, 3.63) is 60.0 Å². The van der Waals surface area contributed by atoms with Crippen LogP contribution in [0, 0.1) is 0 Å². The first-order valence-electron chi connectivity index (χ1n) is 7.36. The molecule has 10 heteroatoms. The van der Waals surface area contributed by atoms with Gasteiger partial charge in [0.25, 0.3) is 0 Å². The number of primary sulfonamides is 1. The van der Waals surface area contributed by atoms with Crippen molar-refractivity contribution < 1.29 is 21.4 Å². The molecule has 0 aliphatic rings. The Morgan fingerprint density at radius 1 is 1.00 bits per heavy atom. The van der Waals surface area contributed by atoms with E-state index in [2.05, 4.69) is 14.7 Å². The molecule has 0 spiro atoms. The smallest absolute Gasteiger partial charge is 0.238 e. The van der Waals surface area contributed by atoms with Crippen molar-refractivity contribution in [1.82, 2.24) is 10.1 Å². The molecule has 0 saturated heterocycles. The van der Waals surface area contributed by atoms with Crippen LogP contribution in [0.4, 0.5) is 0 Å². The summed E-state index contributed by atoms with van der Waals surface area (Å²) < 4.78 is 51.5. The highest BCUT2D eigenvalue weighted by Gasteiger charge is 2.19. The molecule has 136 valence electrons. The zero-order chi connectivity index (χ0) is 18.9. The molecule has 1 aromatic heterocycles. The van der Waals surface area contributed by atoms with Crippen molar-refractivity contribution in [2.24, 2.45) is 5.14 Å². The van der Waals surface area contributed by atoms with Gasteiger partial charge in [-0.3, -0.25) is 0 Å². The monoisotopic (exact) mass is 393 g/mol. The highest BCUT2D eigenvalue weighted by Crippen LogP contribution is 2.26. The summed E-state index contributed by atoms with van der Waals surface area (Å²) in [5.74, 6) is 0.123. The van der Waals surface area contributed by atoms with Gasteiger partial charge in [0.15, 0.2) is 9.84 Å². The summed E-state index contributed by atoms with van der Waals surface area (Å²) in [6.07, 6.45) is 2.63. The Bertz CT molecular complexity index is 1140. The van der Waals surface area contributed by atoms with E-state index in [1.165, 1.54) is 18.2 Å². The summed E-state index contributed by atoms with van der Waals surface area (Å²) in [4.78, 5) is 3.97. The predicted octanol–water partition coefficient (Wildman–Crippen LogP) is 1.38. The molecule has 0 unspecified atom stereocenters. The predicted molar refractivity (Wildman–Crippen MR) is 93.5 cm³/mol. The molecule has 0 aliphatic heterocycles. The van der Waals surface area contributed by atoms with Crippen molar-refractivity contribution in [3.63, 3.8) is 0 Å². The van der Waals surface area contributed by atoms with Crippen molar-refractivity contribution >= 4 is 19.9 Å². The van der Waals surface area contributed by atoms with E-state index in [1.807, 2.05) is 0 Å². The van der Waals surface area contributed by atoms with Gasteiger partial charge in [-0.05, 0) is 41.8 Å². The lowest BCUT2D eigenvalue weighted by Crippen LogP contribution is -2.14. The second-order valence-corrected chi connectivity index (χ2v) is 9.27. The molecule has 0 amide bonds. The third-order valence-electron chi connectivity index (χ3n) is 3.71. The molecule has 1 heterocycles. The van der Waals surface area contributed by atoms with Crippen molar-refractivity contribution in [1.29, 1.82) is 0 Å². The molecule has 0 bridgehead atoms. The third-order valence-corrected chi connectivity index (χ3v) is 5.79. The van der Waals surface area contributed by atoms with E-state index in [9.17, 15) is 16.8 Å². The lowest BCUT2D eigenvalue weighted by atomic mass is 10.0. The first-order chi connectivity index (χ1) is 12.1. The Kier molecular flexibility index (Phi) is 4.65. The number of nitrogens with zero attached hydrogens (tertiary/aromatic N) is 2. The number of aromatic nitrogens is 2. The number of nitrogens with two attached hydrogens (primary N) is 1. The molecule has 2 N–H and O–H groups in total. The fourth-order valence-corrected chi connectivity index (χ4v) is 3.89. The second kappa shape index (κ2) is 6.63. The summed E-state index contributed by atoms with van der Waals surface area (Å²) in [5.41, 5.74) is 1.76. The molecule has 3 aromatic rings. The number of sulfonamides is 1. The van der Waals surface area contributed by atoms with Crippen LogP contribution in [-0.2, 0) is 26.3 Å². The Morgan fingerprint density at radius 3 is 2.19 bits per heavy atom. The van der Waals surface area contributed by atoms with Crippen LogP contribution < -0.4 is 5.14 Å². The molecule has 2 aromatic carbocycles. The molecule has 0 aliphatic carbocycles. The van der Waals surface area contributed by atoms with Crippen LogP contribution in [0.2, 0.25) is 0 Å². The molecular formula is C16H15N3O5S2. The molecule has 26 heavy (non-hydrogen) atoms. The van der Waals surface area contributed by atoms with Gasteiger partial charge in [-0.2, -0.15) is 4.98 Å². The molecular weight excluding hydrogens is 378 g/mol. The summed E-state index contributed by atoms with van der Waals surface area (Å²) in [5, 5.41) is 8.96. The van der Waals surface area contributed by atoms with Gasteiger partial charge in [0.05, 0.1) is 9.79 Å². The number of hydrogen-bond acceptors (Lipinski definition) is 7. The number of sulfone groups is 1. The Balaban J connectivity index is 1.97. The van der Waals surface area contributed by atoms with Gasteiger partial charge in [-0.25, -0.2) is 22.0 Å². The van der Waals surface area contributed by atoms with Gasteiger partial charge in [0, 0.05) is 11.8 Å².